The van der Waals surface area contributed by atoms with Gasteiger partial charge in [0.1, 0.15) is 28.0 Å². The van der Waals surface area contributed by atoms with Gasteiger partial charge in [-0.3, -0.25) is 4.98 Å². The van der Waals surface area contributed by atoms with Gasteiger partial charge in [0, 0.05) is 6.20 Å². The summed E-state index contributed by atoms with van der Waals surface area (Å²) in [6.45, 7) is 5.58. The van der Waals surface area contributed by atoms with Gasteiger partial charge in [-0.2, -0.15) is 0 Å². The number of rotatable bonds is 2. The Kier molecular flexibility index (Phi) is 4.13. The maximum atomic E-state index is 11.6. The summed E-state index contributed by atoms with van der Waals surface area (Å²) >= 11 is 4.59. The van der Waals surface area contributed by atoms with Crippen LogP contribution in [-0.4, -0.2) is 20.5 Å². The molecule has 0 aliphatic carbocycles. The monoisotopic (exact) mass is 244 g/mol. The minimum Gasteiger partial charge on any atom is -0.591 e. The average Bonchev–Trinajstić information content (AvgIpc) is 2.14. The van der Waals surface area contributed by atoms with E-state index in [0.29, 0.717) is 10.7 Å². The number of hydrogen-bond acceptors (Lipinski definition) is 3. The van der Waals surface area contributed by atoms with Gasteiger partial charge in [0.2, 0.25) is 0 Å². The van der Waals surface area contributed by atoms with E-state index in [1.165, 1.54) is 6.21 Å². The summed E-state index contributed by atoms with van der Waals surface area (Å²) in [5, 5.41) is 0.507. The molecule has 1 unspecified atom stereocenters. The van der Waals surface area contributed by atoms with Gasteiger partial charge in [0.05, 0.1) is 5.02 Å². The second-order valence-corrected chi connectivity index (χ2v) is 6.31. The molecule has 1 heterocycles. The first-order valence-electron chi connectivity index (χ1n) is 4.48. The first-order valence-corrected chi connectivity index (χ1v) is 5.96. The average molecular weight is 245 g/mol. The van der Waals surface area contributed by atoms with E-state index in [0.717, 1.165) is 0 Å². The minimum atomic E-state index is -1.28. The van der Waals surface area contributed by atoms with E-state index in [2.05, 4.69) is 9.38 Å². The highest BCUT2D eigenvalue weighted by molar-refractivity contribution is 7.91. The van der Waals surface area contributed by atoms with E-state index in [1.54, 1.807) is 18.3 Å². The lowest BCUT2D eigenvalue weighted by Gasteiger charge is -2.17. The Labute approximate surface area is 97.9 Å². The number of nitrogens with zero attached hydrogens (tertiary/aromatic N) is 2. The largest absolute Gasteiger partial charge is 0.591 e. The molecule has 82 valence electrons. The molecule has 3 nitrogen and oxygen atoms in total. The summed E-state index contributed by atoms with van der Waals surface area (Å²) < 4.78 is 15.2. The molecule has 0 aliphatic rings. The summed E-state index contributed by atoms with van der Waals surface area (Å²) in [6.07, 6.45) is 3.07. The molecule has 0 bridgehead atoms. The fraction of sp³-hybridized carbons (Fsp3) is 0.400. The summed E-state index contributed by atoms with van der Waals surface area (Å²) in [5.41, 5.74) is 0.539. The van der Waals surface area contributed by atoms with Gasteiger partial charge in [-0.15, -0.1) is 0 Å². The number of aromatic nitrogens is 1. The smallest absolute Gasteiger partial charge is 0.144 e. The molecule has 0 spiro atoms. The van der Waals surface area contributed by atoms with Crippen LogP contribution in [0.15, 0.2) is 22.7 Å². The van der Waals surface area contributed by atoms with Gasteiger partial charge in [0.25, 0.3) is 0 Å². The van der Waals surface area contributed by atoms with Gasteiger partial charge in [-0.05, 0) is 32.9 Å². The lowest BCUT2D eigenvalue weighted by atomic mass is 10.3. The molecule has 5 heteroatoms. The van der Waals surface area contributed by atoms with E-state index in [4.69, 9.17) is 11.6 Å². The van der Waals surface area contributed by atoms with Gasteiger partial charge >= 0.3 is 0 Å². The third kappa shape index (κ3) is 3.81. The van der Waals surface area contributed by atoms with Gasteiger partial charge in [0.15, 0.2) is 0 Å². The molecule has 0 saturated carbocycles. The molecule has 1 atom stereocenters. The highest BCUT2D eigenvalue weighted by Crippen LogP contribution is 2.17. The standard InChI is InChI=1S/C10H13ClN2OS/c1-10(2,3)15(14)13-7-9-8(11)5-4-6-12-9/h4-7H,1-3H3. The Balaban J connectivity index is 2.79. The van der Waals surface area contributed by atoms with Crippen molar-refractivity contribution in [2.45, 2.75) is 25.5 Å². The first-order chi connectivity index (χ1) is 6.91. The van der Waals surface area contributed by atoms with E-state index in [1.807, 2.05) is 20.8 Å². The maximum absolute atomic E-state index is 11.6. The summed E-state index contributed by atoms with van der Waals surface area (Å²) in [7, 11) is 0. The molecule has 0 aromatic carbocycles. The molecule has 15 heavy (non-hydrogen) atoms. The Bertz CT molecular complexity index is 363. The second-order valence-electron chi connectivity index (χ2n) is 3.97. The van der Waals surface area contributed by atoms with Crippen molar-refractivity contribution >= 4 is 29.2 Å². The summed E-state index contributed by atoms with van der Waals surface area (Å²) in [6, 6.07) is 3.45. The quantitative estimate of drug-likeness (QED) is 0.593. The van der Waals surface area contributed by atoms with Crippen LogP contribution in [0, 0.1) is 0 Å². The van der Waals surface area contributed by atoms with Crippen LogP contribution >= 0.6 is 11.6 Å². The highest BCUT2D eigenvalue weighted by Gasteiger charge is 2.25. The second kappa shape index (κ2) is 4.96. The maximum Gasteiger partial charge on any atom is 0.144 e. The zero-order valence-corrected chi connectivity index (χ0v) is 10.5. The number of halogens is 1. The molecular weight excluding hydrogens is 232 g/mol. The first kappa shape index (κ1) is 12.5. The third-order valence-electron chi connectivity index (χ3n) is 1.58. The highest BCUT2D eigenvalue weighted by atomic mass is 35.5. The van der Waals surface area contributed by atoms with Crippen molar-refractivity contribution in [1.29, 1.82) is 0 Å². The van der Waals surface area contributed by atoms with Crippen molar-refractivity contribution < 1.29 is 4.55 Å². The van der Waals surface area contributed by atoms with E-state index in [9.17, 15) is 4.55 Å². The summed E-state index contributed by atoms with van der Waals surface area (Å²) in [5.74, 6) is 0. The summed E-state index contributed by atoms with van der Waals surface area (Å²) in [4.78, 5) is 4.02. The molecule has 0 N–H and O–H groups in total. The molecule has 0 amide bonds. The van der Waals surface area contributed by atoms with Crippen molar-refractivity contribution in [2.75, 3.05) is 0 Å². The van der Waals surface area contributed by atoms with E-state index >= 15 is 0 Å². The van der Waals surface area contributed by atoms with Gasteiger partial charge in [-0.25, -0.2) is 0 Å². The van der Waals surface area contributed by atoms with Crippen LogP contribution < -0.4 is 0 Å². The number of pyridine rings is 1. The van der Waals surface area contributed by atoms with Crippen molar-refractivity contribution in [3.05, 3.63) is 29.0 Å². The predicted octanol–water partition coefficient (Wildman–Crippen LogP) is 2.62. The molecule has 0 saturated heterocycles. The Hall–Kier alpha value is -0.580. The lowest BCUT2D eigenvalue weighted by molar-refractivity contribution is 0.562. The third-order valence-corrected chi connectivity index (χ3v) is 3.25. The molecule has 1 aromatic rings. The number of hydrogen-bond donors (Lipinski definition) is 0. The van der Waals surface area contributed by atoms with E-state index < -0.39 is 11.4 Å². The van der Waals surface area contributed by atoms with Crippen molar-refractivity contribution in [3.63, 3.8) is 0 Å². The zero-order valence-electron chi connectivity index (χ0n) is 8.90. The van der Waals surface area contributed by atoms with Crippen LogP contribution in [-0.2, 0) is 11.4 Å². The van der Waals surface area contributed by atoms with Gasteiger partial charge in [-0.1, -0.05) is 16.0 Å². The molecule has 1 rings (SSSR count). The zero-order chi connectivity index (χ0) is 11.5. The van der Waals surface area contributed by atoms with Gasteiger partial charge < -0.3 is 4.55 Å². The lowest BCUT2D eigenvalue weighted by Crippen LogP contribution is -2.25. The Morgan fingerprint density at radius 1 is 1.53 bits per heavy atom. The fourth-order valence-corrected chi connectivity index (χ4v) is 1.43. The molecular formula is C10H13ClN2OS. The van der Waals surface area contributed by atoms with Crippen molar-refractivity contribution in [3.8, 4) is 0 Å². The Morgan fingerprint density at radius 3 is 2.73 bits per heavy atom. The predicted molar refractivity (Wildman–Crippen MR) is 64.7 cm³/mol. The molecule has 0 fully saturated rings. The van der Waals surface area contributed by atoms with Crippen LogP contribution in [0.5, 0.6) is 0 Å². The SMILES string of the molecule is CC(C)(C)[S+]([O-])N=Cc1ncccc1Cl. The van der Waals surface area contributed by atoms with Crippen molar-refractivity contribution in [1.82, 2.24) is 4.98 Å². The fourth-order valence-electron chi connectivity index (χ4n) is 0.749. The van der Waals surface area contributed by atoms with Crippen LogP contribution in [0.1, 0.15) is 26.5 Å². The van der Waals surface area contributed by atoms with Crippen LogP contribution in [0.4, 0.5) is 0 Å². The van der Waals surface area contributed by atoms with Crippen LogP contribution in [0.3, 0.4) is 0 Å². The molecule has 0 radical (unpaired) electrons. The van der Waals surface area contributed by atoms with Crippen LogP contribution in [0.2, 0.25) is 5.02 Å². The normalized spacial score (nSPS) is 14.5. The van der Waals surface area contributed by atoms with Crippen molar-refractivity contribution in [2.24, 2.45) is 4.40 Å². The molecule has 0 aliphatic heterocycles. The van der Waals surface area contributed by atoms with Crippen LogP contribution in [0.25, 0.3) is 0 Å². The van der Waals surface area contributed by atoms with E-state index in [-0.39, 0.29) is 4.75 Å². The topological polar surface area (TPSA) is 48.3 Å². The minimum absolute atomic E-state index is 0.363. The Morgan fingerprint density at radius 2 is 2.20 bits per heavy atom. The molecule has 1 aromatic heterocycles.